The van der Waals surface area contributed by atoms with Crippen LogP contribution in [0, 0.1) is 6.92 Å². The van der Waals surface area contributed by atoms with Gasteiger partial charge in [0.05, 0.1) is 26.2 Å². The van der Waals surface area contributed by atoms with Crippen molar-refractivity contribution in [1.82, 2.24) is 10.3 Å². The first-order chi connectivity index (χ1) is 13.5. The highest BCUT2D eigenvalue weighted by Gasteiger charge is 2.12. The smallest absolute Gasteiger partial charge is 0.251 e. The fourth-order valence-electron chi connectivity index (χ4n) is 3.23. The van der Waals surface area contributed by atoms with Crippen LogP contribution in [-0.2, 0) is 17.6 Å². The van der Waals surface area contributed by atoms with E-state index in [2.05, 4.69) is 10.3 Å². The third kappa shape index (κ3) is 4.34. The molecule has 6 nitrogen and oxygen atoms in total. The molecule has 0 aliphatic rings. The van der Waals surface area contributed by atoms with Gasteiger partial charge < -0.3 is 19.8 Å². The number of carbonyl (C=O) groups is 1. The largest absolute Gasteiger partial charge is 0.496 e. The minimum Gasteiger partial charge on any atom is -0.496 e. The molecule has 0 unspecified atom stereocenters. The summed E-state index contributed by atoms with van der Waals surface area (Å²) in [6.45, 7) is 2.38. The molecule has 0 bridgehead atoms. The molecule has 0 saturated heterocycles. The third-order valence-corrected chi connectivity index (χ3v) is 4.62. The Balaban J connectivity index is 1.71. The molecule has 2 aromatic carbocycles. The molecule has 0 aliphatic carbocycles. The predicted octanol–water partition coefficient (Wildman–Crippen LogP) is 2.76. The quantitative estimate of drug-likeness (QED) is 0.660. The molecule has 0 atom stereocenters. The Bertz CT molecular complexity index is 1060. The van der Waals surface area contributed by atoms with Crippen LogP contribution in [-0.4, -0.2) is 31.7 Å². The van der Waals surface area contributed by atoms with Gasteiger partial charge in [-0.15, -0.1) is 0 Å². The van der Waals surface area contributed by atoms with Crippen LogP contribution in [0.5, 0.6) is 11.5 Å². The summed E-state index contributed by atoms with van der Waals surface area (Å²) in [5.74, 6) is 1.16. The second-order valence-corrected chi connectivity index (χ2v) is 6.65. The normalized spacial score (nSPS) is 10.7. The number of fused-ring (bicyclic) bond motifs is 1. The van der Waals surface area contributed by atoms with Gasteiger partial charge in [0, 0.05) is 17.5 Å². The predicted molar refractivity (Wildman–Crippen MR) is 109 cm³/mol. The number of H-pyrrole nitrogens is 1. The fraction of sp³-hybridized carbons (Fsp3) is 0.273. The Morgan fingerprint density at radius 2 is 1.82 bits per heavy atom. The zero-order chi connectivity index (χ0) is 20.1. The van der Waals surface area contributed by atoms with Crippen molar-refractivity contribution >= 4 is 16.8 Å². The van der Waals surface area contributed by atoms with Crippen LogP contribution in [0.3, 0.4) is 0 Å². The SMILES string of the molecule is COc1ccc(OC)c2[nH]c(=O)c(CCNC(=O)Cc3cccc(C)c3)cc12. The summed E-state index contributed by atoms with van der Waals surface area (Å²) < 4.78 is 10.7. The molecule has 0 saturated carbocycles. The van der Waals surface area contributed by atoms with Gasteiger partial charge in [0.15, 0.2) is 0 Å². The molecular formula is C22H24N2O4. The van der Waals surface area contributed by atoms with Gasteiger partial charge in [0.2, 0.25) is 5.91 Å². The number of carbonyl (C=O) groups excluding carboxylic acids is 1. The molecule has 3 aromatic rings. The van der Waals surface area contributed by atoms with Crippen LogP contribution in [0.15, 0.2) is 47.3 Å². The topological polar surface area (TPSA) is 80.4 Å². The number of hydrogen-bond acceptors (Lipinski definition) is 4. The van der Waals surface area contributed by atoms with Crippen molar-refractivity contribution in [2.75, 3.05) is 20.8 Å². The molecule has 146 valence electrons. The molecule has 1 aromatic heterocycles. The van der Waals surface area contributed by atoms with Crippen molar-refractivity contribution < 1.29 is 14.3 Å². The van der Waals surface area contributed by atoms with E-state index in [9.17, 15) is 9.59 Å². The highest BCUT2D eigenvalue weighted by Crippen LogP contribution is 2.31. The van der Waals surface area contributed by atoms with E-state index in [0.717, 1.165) is 16.5 Å². The first kappa shape index (κ1) is 19.5. The Morgan fingerprint density at radius 3 is 2.54 bits per heavy atom. The van der Waals surface area contributed by atoms with E-state index in [-0.39, 0.29) is 11.5 Å². The number of benzene rings is 2. The summed E-state index contributed by atoms with van der Waals surface area (Å²) in [7, 11) is 3.13. The van der Waals surface area contributed by atoms with E-state index in [1.807, 2.05) is 31.2 Å². The second-order valence-electron chi connectivity index (χ2n) is 6.65. The Hall–Kier alpha value is -3.28. The summed E-state index contributed by atoms with van der Waals surface area (Å²) in [6.07, 6.45) is 0.742. The Labute approximate surface area is 163 Å². The molecular weight excluding hydrogens is 356 g/mol. The maximum absolute atomic E-state index is 12.4. The zero-order valence-corrected chi connectivity index (χ0v) is 16.3. The molecule has 0 spiro atoms. The van der Waals surface area contributed by atoms with E-state index in [0.29, 0.717) is 42.0 Å². The van der Waals surface area contributed by atoms with Crippen LogP contribution in [0.1, 0.15) is 16.7 Å². The van der Waals surface area contributed by atoms with Crippen molar-refractivity contribution in [2.45, 2.75) is 19.8 Å². The maximum Gasteiger partial charge on any atom is 0.251 e. The van der Waals surface area contributed by atoms with E-state index >= 15 is 0 Å². The van der Waals surface area contributed by atoms with E-state index < -0.39 is 0 Å². The number of methoxy groups -OCH3 is 2. The van der Waals surface area contributed by atoms with Crippen LogP contribution in [0.2, 0.25) is 0 Å². The van der Waals surface area contributed by atoms with Crippen LogP contribution < -0.4 is 20.3 Å². The molecule has 1 amide bonds. The molecule has 6 heteroatoms. The summed E-state index contributed by atoms with van der Waals surface area (Å²) in [5, 5.41) is 3.64. The fourth-order valence-corrected chi connectivity index (χ4v) is 3.23. The summed E-state index contributed by atoms with van der Waals surface area (Å²) in [4.78, 5) is 27.5. The van der Waals surface area contributed by atoms with Crippen molar-refractivity contribution in [3.8, 4) is 11.5 Å². The number of aromatic nitrogens is 1. The minimum absolute atomic E-state index is 0.0675. The number of rotatable bonds is 7. The van der Waals surface area contributed by atoms with Crippen LogP contribution >= 0.6 is 0 Å². The van der Waals surface area contributed by atoms with Gasteiger partial charge in [-0.2, -0.15) is 0 Å². The molecule has 3 rings (SSSR count). The van der Waals surface area contributed by atoms with Crippen molar-refractivity contribution in [2.24, 2.45) is 0 Å². The highest BCUT2D eigenvalue weighted by molar-refractivity contribution is 5.90. The standard InChI is InChI=1S/C22H24N2O4/c1-14-5-4-6-15(11-14)12-20(25)23-10-9-16-13-17-18(27-2)7-8-19(28-3)21(17)24-22(16)26/h4-8,11,13H,9-10,12H2,1-3H3,(H,23,25)(H,24,26). The van der Waals surface area contributed by atoms with Crippen molar-refractivity contribution in [3.05, 3.63) is 69.5 Å². The average molecular weight is 380 g/mol. The number of amides is 1. The summed E-state index contributed by atoms with van der Waals surface area (Å²) in [6, 6.07) is 13.2. The number of pyridine rings is 1. The van der Waals surface area contributed by atoms with Crippen molar-refractivity contribution in [3.63, 3.8) is 0 Å². The second kappa shape index (κ2) is 8.61. The molecule has 0 fully saturated rings. The summed E-state index contributed by atoms with van der Waals surface area (Å²) >= 11 is 0. The van der Waals surface area contributed by atoms with E-state index in [1.54, 1.807) is 32.4 Å². The van der Waals surface area contributed by atoms with Gasteiger partial charge in [-0.1, -0.05) is 29.8 Å². The van der Waals surface area contributed by atoms with Gasteiger partial charge in [0.1, 0.15) is 11.5 Å². The molecule has 28 heavy (non-hydrogen) atoms. The van der Waals surface area contributed by atoms with Crippen LogP contribution in [0.25, 0.3) is 10.9 Å². The zero-order valence-electron chi connectivity index (χ0n) is 16.3. The van der Waals surface area contributed by atoms with Gasteiger partial charge >= 0.3 is 0 Å². The van der Waals surface area contributed by atoms with E-state index in [4.69, 9.17) is 9.47 Å². The minimum atomic E-state index is -0.202. The number of ether oxygens (including phenoxy) is 2. The third-order valence-electron chi connectivity index (χ3n) is 4.62. The molecule has 1 heterocycles. The molecule has 0 aliphatic heterocycles. The van der Waals surface area contributed by atoms with Crippen LogP contribution in [0.4, 0.5) is 0 Å². The maximum atomic E-state index is 12.4. The highest BCUT2D eigenvalue weighted by atomic mass is 16.5. The van der Waals surface area contributed by atoms with Crippen molar-refractivity contribution in [1.29, 1.82) is 0 Å². The lowest BCUT2D eigenvalue weighted by Gasteiger charge is -2.11. The number of nitrogens with one attached hydrogen (secondary N) is 2. The van der Waals surface area contributed by atoms with Gasteiger partial charge in [-0.3, -0.25) is 9.59 Å². The van der Waals surface area contributed by atoms with E-state index in [1.165, 1.54) is 0 Å². The lowest BCUT2D eigenvalue weighted by atomic mass is 10.1. The monoisotopic (exact) mass is 380 g/mol. The lowest BCUT2D eigenvalue weighted by molar-refractivity contribution is -0.120. The first-order valence-electron chi connectivity index (χ1n) is 9.11. The number of aromatic amines is 1. The van der Waals surface area contributed by atoms with Gasteiger partial charge in [0.25, 0.3) is 5.56 Å². The Morgan fingerprint density at radius 1 is 1.07 bits per heavy atom. The first-order valence-corrected chi connectivity index (χ1v) is 9.11. The Kier molecular flexibility index (Phi) is 5.99. The average Bonchev–Trinajstić information content (AvgIpc) is 2.67. The number of aryl methyl sites for hydroxylation is 1. The van der Waals surface area contributed by atoms with Gasteiger partial charge in [-0.25, -0.2) is 0 Å². The summed E-state index contributed by atoms with van der Waals surface area (Å²) in [5.41, 5.74) is 3.07. The molecule has 0 radical (unpaired) electrons. The number of hydrogen-bond donors (Lipinski definition) is 2. The lowest BCUT2D eigenvalue weighted by Crippen LogP contribution is -2.28. The molecule has 2 N–H and O–H groups in total. The van der Waals surface area contributed by atoms with Gasteiger partial charge in [-0.05, 0) is 37.1 Å².